The molecule has 100 valence electrons. The molecule has 0 aliphatic carbocycles. The molecule has 1 saturated heterocycles. The summed E-state index contributed by atoms with van der Waals surface area (Å²) >= 11 is 3.45. The van der Waals surface area contributed by atoms with Gasteiger partial charge in [-0.05, 0) is 45.4 Å². The molecule has 2 N–H and O–H groups in total. The van der Waals surface area contributed by atoms with Crippen molar-refractivity contribution in [2.75, 3.05) is 45.1 Å². The maximum atomic E-state index is 11.7. The number of carbonyl (C=O) groups excluding carboxylic acids is 1. The van der Waals surface area contributed by atoms with Crippen molar-refractivity contribution in [2.45, 2.75) is 19.3 Å². The molecule has 1 heterocycles. The summed E-state index contributed by atoms with van der Waals surface area (Å²) in [4.78, 5) is 16.0. The number of hydrogen-bond acceptors (Lipinski definition) is 3. The van der Waals surface area contributed by atoms with E-state index in [9.17, 15) is 4.79 Å². The van der Waals surface area contributed by atoms with Gasteiger partial charge in [-0.15, -0.1) is 0 Å². The number of nitrogens with zero attached hydrogens (tertiary/aromatic N) is 2. The third-order valence-electron chi connectivity index (χ3n) is 3.22. The summed E-state index contributed by atoms with van der Waals surface area (Å²) < 4.78 is 0. The molecule has 17 heavy (non-hydrogen) atoms. The Morgan fingerprint density at radius 3 is 2.76 bits per heavy atom. The van der Waals surface area contributed by atoms with Crippen LogP contribution >= 0.6 is 15.9 Å². The number of hydrogen-bond donors (Lipinski definition) is 1. The molecule has 1 rings (SSSR count). The summed E-state index contributed by atoms with van der Waals surface area (Å²) in [6.07, 6.45) is 2.82. The summed E-state index contributed by atoms with van der Waals surface area (Å²) in [5.74, 6) is 0.830. The zero-order chi connectivity index (χ0) is 12.7. The van der Waals surface area contributed by atoms with Gasteiger partial charge in [0.2, 0.25) is 5.91 Å². The van der Waals surface area contributed by atoms with E-state index in [0.29, 0.717) is 18.2 Å². The first-order chi connectivity index (χ1) is 8.17. The minimum Gasteiger partial charge on any atom is -0.342 e. The number of nitrogens with two attached hydrogens (primary N) is 1. The Bertz CT molecular complexity index is 238. The van der Waals surface area contributed by atoms with Gasteiger partial charge in [-0.25, -0.2) is 0 Å². The van der Waals surface area contributed by atoms with Crippen molar-refractivity contribution in [3.63, 3.8) is 0 Å². The molecular weight excluding hydrogens is 282 g/mol. The highest BCUT2D eigenvalue weighted by Gasteiger charge is 2.27. The first-order valence-corrected chi connectivity index (χ1v) is 7.52. The van der Waals surface area contributed by atoms with Gasteiger partial charge in [-0.3, -0.25) is 4.79 Å². The summed E-state index contributed by atoms with van der Waals surface area (Å²) in [5.41, 5.74) is 5.47. The van der Waals surface area contributed by atoms with Gasteiger partial charge in [0.15, 0.2) is 0 Å². The summed E-state index contributed by atoms with van der Waals surface area (Å²) in [6, 6.07) is 0. The molecule has 5 heteroatoms. The maximum absolute atomic E-state index is 11.7. The predicted molar refractivity (Wildman–Crippen MR) is 74.3 cm³/mol. The number of likely N-dealkylation sites (tertiary alicyclic amines) is 1. The normalized spacial score (nSPS) is 20.6. The van der Waals surface area contributed by atoms with Crippen molar-refractivity contribution in [2.24, 2.45) is 11.7 Å². The Kier molecular flexibility index (Phi) is 7.08. The number of rotatable bonds is 8. The first-order valence-electron chi connectivity index (χ1n) is 6.39. The van der Waals surface area contributed by atoms with Crippen LogP contribution in [-0.4, -0.2) is 60.8 Å². The van der Waals surface area contributed by atoms with Crippen molar-refractivity contribution in [3.05, 3.63) is 0 Å². The van der Waals surface area contributed by atoms with Crippen LogP contribution in [0.2, 0.25) is 0 Å². The van der Waals surface area contributed by atoms with E-state index in [0.717, 1.165) is 50.9 Å². The van der Waals surface area contributed by atoms with Crippen molar-refractivity contribution in [1.82, 2.24) is 9.80 Å². The molecule has 0 bridgehead atoms. The number of carbonyl (C=O) groups is 1. The van der Waals surface area contributed by atoms with E-state index < -0.39 is 0 Å². The highest BCUT2D eigenvalue weighted by Crippen LogP contribution is 2.19. The zero-order valence-electron chi connectivity index (χ0n) is 10.7. The second-order valence-electron chi connectivity index (χ2n) is 4.86. The van der Waals surface area contributed by atoms with Crippen LogP contribution < -0.4 is 5.73 Å². The monoisotopic (exact) mass is 305 g/mol. The van der Waals surface area contributed by atoms with Crippen LogP contribution in [0, 0.1) is 5.92 Å². The third kappa shape index (κ3) is 5.36. The largest absolute Gasteiger partial charge is 0.342 e. The van der Waals surface area contributed by atoms with Crippen LogP contribution in [0.4, 0.5) is 0 Å². The maximum Gasteiger partial charge on any atom is 0.222 e. The van der Waals surface area contributed by atoms with Crippen molar-refractivity contribution in [3.8, 4) is 0 Å². The van der Waals surface area contributed by atoms with Crippen LogP contribution in [0.25, 0.3) is 0 Å². The van der Waals surface area contributed by atoms with Gasteiger partial charge in [-0.2, -0.15) is 0 Å². The first kappa shape index (κ1) is 14.9. The number of halogens is 1. The molecule has 4 nitrogen and oxygen atoms in total. The van der Waals surface area contributed by atoms with Crippen molar-refractivity contribution in [1.29, 1.82) is 0 Å². The lowest BCUT2D eigenvalue weighted by molar-refractivity contribution is -0.127. The molecule has 1 aliphatic heterocycles. The molecule has 0 aromatic rings. The van der Waals surface area contributed by atoms with Gasteiger partial charge < -0.3 is 15.5 Å². The Balaban J connectivity index is 2.12. The Morgan fingerprint density at radius 2 is 2.18 bits per heavy atom. The summed E-state index contributed by atoms with van der Waals surface area (Å²) in [6.45, 7) is 4.67. The lowest BCUT2D eigenvalue weighted by Gasteiger charge is -2.20. The van der Waals surface area contributed by atoms with Gasteiger partial charge in [0.25, 0.3) is 0 Å². The fourth-order valence-corrected chi connectivity index (χ4v) is 2.61. The molecule has 0 spiro atoms. The van der Waals surface area contributed by atoms with Gasteiger partial charge >= 0.3 is 0 Å². The van der Waals surface area contributed by atoms with E-state index in [4.69, 9.17) is 5.73 Å². The van der Waals surface area contributed by atoms with E-state index in [1.165, 1.54) is 0 Å². The van der Waals surface area contributed by atoms with Gasteiger partial charge in [0.1, 0.15) is 0 Å². The van der Waals surface area contributed by atoms with Crippen LogP contribution in [0.15, 0.2) is 0 Å². The Morgan fingerprint density at radius 1 is 1.47 bits per heavy atom. The van der Waals surface area contributed by atoms with Gasteiger partial charge in [0.05, 0.1) is 0 Å². The van der Waals surface area contributed by atoms with Crippen LogP contribution in [-0.2, 0) is 4.79 Å². The third-order valence-corrected chi connectivity index (χ3v) is 4.14. The smallest absolute Gasteiger partial charge is 0.222 e. The molecule has 0 aromatic heterocycles. The number of alkyl halides is 1. The second-order valence-corrected chi connectivity index (χ2v) is 5.51. The number of amides is 1. The highest BCUT2D eigenvalue weighted by molar-refractivity contribution is 9.09. The summed E-state index contributed by atoms with van der Waals surface area (Å²) in [5, 5.41) is 0.936. The van der Waals surface area contributed by atoms with Crippen LogP contribution in [0.5, 0.6) is 0 Å². The fraction of sp³-hybridized carbons (Fsp3) is 0.917. The highest BCUT2D eigenvalue weighted by atomic mass is 79.9. The SMILES string of the molecule is CN(CCCN)CCCN1CC(CBr)CC1=O. The Hall–Kier alpha value is -0.130. The molecule has 0 aromatic carbocycles. The zero-order valence-corrected chi connectivity index (χ0v) is 12.3. The van der Waals surface area contributed by atoms with Gasteiger partial charge in [-0.1, -0.05) is 15.9 Å². The molecule has 1 fully saturated rings. The quantitative estimate of drug-likeness (QED) is 0.678. The van der Waals surface area contributed by atoms with Crippen LogP contribution in [0.3, 0.4) is 0 Å². The minimum absolute atomic E-state index is 0.319. The molecule has 1 unspecified atom stereocenters. The molecule has 1 aliphatic rings. The fourth-order valence-electron chi connectivity index (χ4n) is 2.18. The van der Waals surface area contributed by atoms with Crippen molar-refractivity contribution < 1.29 is 4.79 Å². The predicted octanol–water partition coefficient (Wildman–Crippen LogP) is 0.900. The van der Waals surface area contributed by atoms with Crippen LogP contribution in [0.1, 0.15) is 19.3 Å². The van der Waals surface area contributed by atoms with E-state index >= 15 is 0 Å². The average Bonchev–Trinajstić information content (AvgIpc) is 2.68. The van der Waals surface area contributed by atoms with E-state index in [1.54, 1.807) is 0 Å². The van der Waals surface area contributed by atoms with Crippen molar-refractivity contribution >= 4 is 21.8 Å². The van der Waals surface area contributed by atoms with E-state index in [1.807, 2.05) is 4.90 Å². The molecule has 1 amide bonds. The molecule has 1 atom stereocenters. The molecular formula is C12H24BrN3O. The molecule has 0 saturated carbocycles. The lowest BCUT2D eigenvalue weighted by Crippen LogP contribution is -2.30. The topological polar surface area (TPSA) is 49.6 Å². The Labute approximate surface area is 113 Å². The van der Waals surface area contributed by atoms with E-state index in [2.05, 4.69) is 27.9 Å². The molecule has 0 radical (unpaired) electrons. The lowest BCUT2D eigenvalue weighted by atomic mass is 10.2. The standard InChI is InChI=1S/C12H24BrN3O/c1-15(5-2-4-14)6-3-7-16-10-11(9-13)8-12(16)17/h11H,2-10,14H2,1H3. The van der Waals surface area contributed by atoms with E-state index in [-0.39, 0.29) is 0 Å². The minimum atomic E-state index is 0.319. The van der Waals surface area contributed by atoms with Gasteiger partial charge in [0, 0.05) is 24.8 Å². The second kappa shape index (κ2) is 8.06. The summed E-state index contributed by atoms with van der Waals surface area (Å²) in [7, 11) is 2.11. The average molecular weight is 306 g/mol.